The number of hydrogen-bond acceptors (Lipinski definition) is 3. The summed E-state index contributed by atoms with van der Waals surface area (Å²) in [5.41, 5.74) is 0.502. The fraction of sp³-hybridized carbons (Fsp3) is 0.625. The largest absolute Gasteiger partial charge is 0.444 e. The van der Waals surface area contributed by atoms with Gasteiger partial charge in [-0.2, -0.15) is 0 Å². The van der Waals surface area contributed by atoms with Crippen molar-refractivity contribution in [3.05, 3.63) is 30.1 Å². The summed E-state index contributed by atoms with van der Waals surface area (Å²) in [6, 6.07) is 4.35. The van der Waals surface area contributed by atoms with Crippen LogP contribution in [-0.4, -0.2) is 27.6 Å². The average Bonchev–Trinajstić information content (AvgIpc) is 2.94. The molecule has 2 aliphatic heterocycles. The molecule has 0 aromatic carbocycles. The lowest BCUT2D eigenvalue weighted by molar-refractivity contribution is 0.00865. The van der Waals surface area contributed by atoms with Crippen LogP contribution >= 0.6 is 0 Å². The van der Waals surface area contributed by atoms with Gasteiger partial charge in [0.25, 0.3) is 0 Å². The van der Waals surface area contributed by atoms with Crippen molar-refractivity contribution in [3.8, 4) is 0 Å². The molecule has 108 valence electrons. The Bertz CT molecular complexity index is 499. The van der Waals surface area contributed by atoms with Gasteiger partial charge in [0, 0.05) is 18.4 Å². The molecule has 0 saturated carbocycles. The topological polar surface area (TPSA) is 42.4 Å². The molecule has 2 bridgehead atoms. The summed E-state index contributed by atoms with van der Waals surface area (Å²) >= 11 is 0. The van der Waals surface area contributed by atoms with Crippen LogP contribution in [0.3, 0.4) is 0 Å². The van der Waals surface area contributed by atoms with Crippen LogP contribution in [0.4, 0.5) is 4.79 Å². The normalized spacial score (nSPS) is 28.8. The minimum atomic E-state index is -0.449. The van der Waals surface area contributed by atoms with Crippen molar-refractivity contribution in [2.75, 3.05) is 0 Å². The smallest absolute Gasteiger partial charge is 0.411 e. The highest BCUT2D eigenvalue weighted by molar-refractivity contribution is 5.71. The molecule has 3 rings (SSSR count). The van der Waals surface area contributed by atoms with Gasteiger partial charge in [-0.1, -0.05) is 6.07 Å². The van der Waals surface area contributed by atoms with Gasteiger partial charge in [-0.3, -0.25) is 9.88 Å². The minimum Gasteiger partial charge on any atom is -0.444 e. The number of nitrogens with zero attached hydrogens (tertiary/aromatic N) is 2. The minimum absolute atomic E-state index is 0.179. The number of carbonyl (C=O) groups is 1. The van der Waals surface area contributed by atoms with Crippen LogP contribution in [0.1, 0.15) is 52.0 Å². The Labute approximate surface area is 120 Å². The number of rotatable bonds is 1. The van der Waals surface area contributed by atoms with E-state index in [1.165, 1.54) is 0 Å². The Morgan fingerprint density at radius 2 is 2.10 bits per heavy atom. The summed E-state index contributed by atoms with van der Waals surface area (Å²) in [7, 11) is 0. The van der Waals surface area contributed by atoms with Gasteiger partial charge in [-0.05, 0) is 58.1 Å². The molecule has 0 aliphatic carbocycles. The molecule has 2 aliphatic rings. The van der Waals surface area contributed by atoms with Crippen molar-refractivity contribution < 1.29 is 9.53 Å². The summed E-state index contributed by atoms with van der Waals surface area (Å²) in [4.78, 5) is 18.8. The Hall–Kier alpha value is -1.58. The molecule has 3 heterocycles. The highest BCUT2D eigenvalue weighted by Crippen LogP contribution is 2.53. The van der Waals surface area contributed by atoms with Gasteiger partial charge in [0.15, 0.2) is 0 Å². The van der Waals surface area contributed by atoms with Crippen molar-refractivity contribution in [2.24, 2.45) is 0 Å². The first-order valence-electron chi connectivity index (χ1n) is 7.35. The van der Waals surface area contributed by atoms with Crippen LogP contribution in [0, 0.1) is 0 Å². The maximum Gasteiger partial charge on any atom is 0.411 e. The number of fused-ring (bicyclic) bond motifs is 2. The van der Waals surface area contributed by atoms with Crippen molar-refractivity contribution in [3.63, 3.8) is 0 Å². The van der Waals surface area contributed by atoms with E-state index in [2.05, 4.69) is 11.1 Å². The predicted octanol–water partition coefficient (Wildman–Crippen LogP) is 3.47. The molecule has 0 N–H and O–H groups in total. The zero-order valence-corrected chi connectivity index (χ0v) is 12.4. The summed E-state index contributed by atoms with van der Waals surface area (Å²) in [6.07, 6.45) is 7.65. The molecule has 2 saturated heterocycles. The van der Waals surface area contributed by atoms with E-state index in [1.54, 1.807) is 6.20 Å². The second-order valence-corrected chi connectivity index (χ2v) is 6.85. The third-order valence-corrected chi connectivity index (χ3v) is 4.40. The van der Waals surface area contributed by atoms with Gasteiger partial charge in [0.1, 0.15) is 5.60 Å². The maximum atomic E-state index is 12.6. The molecule has 4 nitrogen and oxygen atoms in total. The fourth-order valence-electron chi connectivity index (χ4n) is 3.63. The summed E-state index contributed by atoms with van der Waals surface area (Å²) in [5.74, 6) is 0. The zero-order chi connectivity index (χ0) is 14.4. The predicted molar refractivity (Wildman–Crippen MR) is 76.2 cm³/mol. The number of ether oxygens (including phenoxy) is 1. The first-order chi connectivity index (χ1) is 9.42. The second-order valence-electron chi connectivity index (χ2n) is 6.85. The van der Waals surface area contributed by atoms with E-state index in [9.17, 15) is 4.79 Å². The Balaban J connectivity index is 1.92. The molecule has 1 amide bonds. The molecule has 2 fully saturated rings. The Kier molecular flexibility index (Phi) is 3.00. The van der Waals surface area contributed by atoms with E-state index >= 15 is 0 Å². The SMILES string of the molecule is CC(C)(C)OC(=O)N1C2CCC1(c1cccnc1)CC2. The van der Waals surface area contributed by atoms with Crippen LogP contribution < -0.4 is 0 Å². The number of carbonyl (C=O) groups excluding carboxylic acids is 1. The summed E-state index contributed by atoms with van der Waals surface area (Å²) in [5, 5.41) is 0. The van der Waals surface area contributed by atoms with E-state index in [0.29, 0.717) is 6.04 Å². The molecule has 0 spiro atoms. The second kappa shape index (κ2) is 4.47. The quantitative estimate of drug-likeness (QED) is 0.787. The van der Waals surface area contributed by atoms with E-state index in [1.807, 2.05) is 37.9 Å². The van der Waals surface area contributed by atoms with E-state index in [-0.39, 0.29) is 11.6 Å². The van der Waals surface area contributed by atoms with E-state index in [4.69, 9.17) is 4.74 Å². The van der Waals surface area contributed by atoms with Crippen molar-refractivity contribution in [1.82, 2.24) is 9.88 Å². The molecule has 4 heteroatoms. The van der Waals surface area contributed by atoms with Crippen LogP contribution in [0.25, 0.3) is 0 Å². The molecule has 1 aromatic heterocycles. The first kappa shape index (κ1) is 13.4. The first-order valence-corrected chi connectivity index (χ1v) is 7.35. The molecule has 0 atom stereocenters. The van der Waals surface area contributed by atoms with Gasteiger partial charge in [0.05, 0.1) is 5.54 Å². The molecular weight excluding hydrogens is 252 g/mol. The van der Waals surface area contributed by atoms with Gasteiger partial charge in [-0.25, -0.2) is 4.79 Å². The number of pyridine rings is 1. The van der Waals surface area contributed by atoms with Crippen LogP contribution in [0.15, 0.2) is 24.5 Å². The molecule has 20 heavy (non-hydrogen) atoms. The van der Waals surface area contributed by atoms with Crippen molar-refractivity contribution >= 4 is 6.09 Å². The van der Waals surface area contributed by atoms with Gasteiger partial charge in [-0.15, -0.1) is 0 Å². The molecule has 1 aromatic rings. The third-order valence-electron chi connectivity index (χ3n) is 4.40. The lowest BCUT2D eigenvalue weighted by atomic mass is 9.82. The average molecular weight is 274 g/mol. The molecule has 0 radical (unpaired) electrons. The fourth-order valence-corrected chi connectivity index (χ4v) is 3.63. The standard InChI is InChI=1S/C16H22N2O2/c1-15(2,3)20-14(19)18-13-6-8-16(18,9-7-13)12-5-4-10-17-11-12/h4-5,10-11,13H,6-9H2,1-3H3. The molecule has 0 unspecified atom stereocenters. The van der Waals surface area contributed by atoms with Gasteiger partial charge in [0.2, 0.25) is 0 Å². The number of amides is 1. The van der Waals surface area contributed by atoms with Crippen LogP contribution in [-0.2, 0) is 10.3 Å². The van der Waals surface area contributed by atoms with Gasteiger partial charge < -0.3 is 4.74 Å². The lowest BCUT2D eigenvalue weighted by Crippen LogP contribution is -2.45. The summed E-state index contributed by atoms with van der Waals surface area (Å²) < 4.78 is 5.62. The van der Waals surface area contributed by atoms with Crippen LogP contribution in [0.5, 0.6) is 0 Å². The monoisotopic (exact) mass is 274 g/mol. The van der Waals surface area contributed by atoms with Gasteiger partial charge >= 0.3 is 6.09 Å². The van der Waals surface area contributed by atoms with Crippen molar-refractivity contribution in [1.29, 1.82) is 0 Å². The Morgan fingerprint density at radius 3 is 2.65 bits per heavy atom. The Morgan fingerprint density at radius 1 is 1.40 bits per heavy atom. The third kappa shape index (κ3) is 2.07. The van der Waals surface area contributed by atoms with E-state index in [0.717, 1.165) is 31.2 Å². The molecular formula is C16H22N2O2. The summed E-state index contributed by atoms with van der Waals surface area (Å²) in [6.45, 7) is 5.75. The number of aromatic nitrogens is 1. The maximum absolute atomic E-state index is 12.6. The number of hydrogen-bond donors (Lipinski definition) is 0. The highest BCUT2D eigenvalue weighted by atomic mass is 16.6. The van der Waals surface area contributed by atoms with Crippen LogP contribution in [0.2, 0.25) is 0 Å². The lowest BCUT2D eigenvalue weighted by Gasteiger charge is -2.36. The highest BCUT2D eigenvalue weighted by Gasteiger charge is 2.56. The van der Waals surface area contributed by atoms with E-state index < -0.39 is 5.60 Å². The zero-order valence-electron chi connectivity index (χ0n) is 12.4. The van der Waals surface area contributed by atoms with Crippen molar-refractivity contribution in [2.45, 2.75) is 63.6 Å².